The van der Waals surface area contributed by atoms with Crippen LogP contribution >= 0.6 is 0 Å². The molecule has 3 heteroatoms. The van der Waals surface area contributed by atoms with Crippen LogP contribution in [-0.2, 0) is 0 Å². The zero-order valence-electron chi connectivity index (χ0n) is 10.8. The van der Waals surface area contributed by atoms with Crippen LogP contribution in [0.15, 0.2) is 16.5 Å². The van der Waals surface area contributed by atoms with Gasteiger partial charge in [0, 0.05) is 6.54 Å². The molecular weight excluding hydrogens is 214 g/mol. The van der Waals surface area contributed by atoms with Crippen molar-refractivity contribution in [1.82, 2.24) is 5.32 Å². The van der Waals surface area contributed by atoms with Crippen molar-refractivity contribution in [3.8, 4) is 0 Å². The first kappa shape index (κ1) is 12.7. The quantitative estimate of drug-likeness (QED) is 0.846. The summed E-state index contributed by atoms with van der Waals surface area (Å²) in [6.07, 6.45) is 4.39. The molecule has 3 atom stereocenters. The second-order valence-electron chi connectivity index (χ2n) is 5.19. The minimum atomic E-state index is -0.123. The normalized spacial score (nSPS) is 27.0. The molecule has 3 nitrogen and oxygen atoms in total. The number of aliphatic hydroxyl groups is 1. The van der Waals surface area contributed by atoms with Crippen molar-refractivity contribution in [1.29, 1.82) is 0 Å². The van der Waals surface area contributed by atoms with E-state index in [2.05, 4.69) is 12.2 Å². The summed E-state index contributed by atoms with van der Waals surface area (Å²) in [6.45, 7) is 4.94. The number of hydrogen-bond donors (Lipinski definition) is 2. The Morgan fingerprint density at radius 1 is 1.41 bits per heavy atom. The highest BCUT2D eigenvalue weighted by molar-refractivity contribution is 5.08. The van der Waals surface area contributed by atoms with Gasteiger partial charge in [-0.2, -0.15) is 0 Å². The minimum absolute atomic E-state index is 0.123. The van der Waals surface area contributed by atoms with E-state index in [9.17, 15) is 5.11 Å². The molecule has 0 bridgehead atoms. The fraction of sp³-hybridized carbons (Fsp3) is 0.714. The van der Waals surface area contributed by atoms with Crippen LogP contribution in [0, 0.1) is 12.8 Å². The lowest BCUT2D eigenvalue weighted by atomic mass is 9.86. The molecule has 3 unspecified atom stereocenters. The van der Waals surface area contributed by atoms with E-state index in [0.717, 1.165) is 30.9 Å². The zero-order valence-corrected chi connectivity index (χ0v) is 10.8. The van der Waals surface area contributed by atoms with Crippen LogP contribution in [0.2, 0.25) is 0 Å². The number of furan rings is 1. The van der Waals surface area contributed by atoms with Crippen molar-refractivity contribution in [2.75, 3.05) is 6.54 Å². The van der Waals surface area contributed by atoms with Gasteiger partial charge in [-0.25, -0.2) is 0 Å². The molecule has 1 fully saturated rings. The van der Waals surface area contributed by atoms with Crippen molar-refractivity contribution in [2.24, 2.45) is 5.92 Å². The van der Waals surface area contributed by atoms with Crippen molar-refractivity contribution >= 4 is 0 Å². The van der Waals surface area contributed by atoms with Gasteiger partial charge in [-0.3, -0.25) is 0 Å². The Kier molecular flexibility index (Phi) is 4.24. The van der Waals surface area contributed by atoms with E-state index in [1.165, 1.54) is 12.8 Å². The molecule has 1 heterocycles. The lowest BCUT2D eigenvalue weighted by Gasteiger charge is -2.28. The first-order chi connectivity index (χ1) is 8.16. The van der Waals surface area contributed by atoms with Crippen LogP contribution in [-0.4, -0.2) is 17.8 Å². The average Bonchev–Trinajstić information content (AvgIpc) is 2.74. The summed E-state index contributed by atoms with van der Waals surface area (Å²) in [6, 6.07) is 4.23. The van der Waals surface area contributed by atoms with Crippen molar-refractivity contribution in [2.45, 2.75) is 51.7 Å². The van der Waals surface area contributed by atoms with E-state index in [1.807, 2.05) is 19.1 Å². The Hall–Kier alpha value is -0.800. The Bertz CT molecular complexity index is 348. The van der Waals surface area contributed by atoms with Crippen LogP contribution in [0.3, 0.4) is 0 Å². The van der Waals surface area contributed by atoms with Gasteiger partial charge in [0.05, 0.1) is 12.1 Å². The summed E-state index contributed by atoms with van der Waals surface area (Å²) in [4.78, 5) is 0. The zero-order chi connectivity index (χ0) is 12.3. The van der Waals surface area contributed by atoms with Gasteiger partial charge in [-0.15, -0.1) is 0 Å². The molecule has 0 aromatic carbocycles. The lowest BCUT2D eigenvalue weighted by Crippen LogP contribution is -2.34. The number of nitrogens with one attached hydrogen (secondary N) is 1. The number of aliphatic hydroxyl groups excluding tert-OH is 1. The predicted octanol–water partition coefficient (Wildman–Crippen LogP) is 2.79. The highest BCUT2D eigenvalue weighted by atomic mass is 16.3. The third kappa shape index (κ3) is 3.33. The summed E-state index contributed by atoms with van der Waals surface area (Å²) in [7, 11) is 0. The van der Waals surface area contributed by atoms with Gasteiger partial charge in [-0.05, 0) is 44.7 Å². The van der Waals surface area contributed by atoms with Crippen molar-refractivity contribution in [3.63, 3.8) is 0 Å². The molecule has 1 aromatic heterocycles. The second kappa shape index (κ2) is 5.69. The fourth-order valence-corrected chi connectivity index (χ4v) is 2.54. The highest BCUT2D eigenvalue weighted by Gasteiger charge is 2.23. The van der Waals surface area contributed by atoms with E-state index < -0.39 is 0 Å². The monoisotopic (exact) mass is 237 g/mol. The maximum absolute atomic E-state index is 9.89. The standard InChI is InChI=1S/C14H23NO2/c1-10-7-8-14(17-10)11(2)15-9-12-5-3-4-6-13(12)16/h7-8,11-13,15-16H,3-6,9H2,1-2H3. The largest absolute Gasteiger partial charge is 0.465 e. The van der Waals surface area contributed by atoms with Crippen LogP contribution in [0.1, 0.15) is 50.2 Å². The molecule has 0 amide bonds. The van der Waals surface area contributed by atoms with Gasteiger partial charge in [0.1, 0.15) is 11.5 Å². The summed E-state index contributed by atoms with van der Waals surface area (Å²) in [5.74, 6) is 2.33. The summed E-state index contributed by atoms with van der Waals surface area (Å²) < 4.78 is 5.59. The molecule has 1 aromatic rings. The molecule has 17 heavy (non-hydrogen) atoms. The third-order valence-electron chi connectivity index (χ3n) is 3.74. The third-order valence-corrected chi connectivity index (χ3v) is 3.74. The molecule has 1 aliphatic carbocycles. The van der Waals surface area contributed by atoms with E-state index >= 15 is 0 Å². The first-order valence-electron chi connectivity index (χ1n) is 6.64. The molecular formula is C14H23NO2. The van der Waals surface area contributed by atoms with E-state index in [-0.39, 0.29) is 12.1 Å². The van der Waals surface area contributed by atoms with Gasteiger partial charge in [0.2, 0.25) is 0 Å². The number of hydrogen-bond acceptors (Lipinski definition) is 3. The minimum Gasteiger partial charge on any atom is -0.465 e. The highest BCUT2D eigenvalue weighted by Crippen LogP contribution is 2.24. The van der Waals surface area contributed by atoms with E-state index in [4.69, 9.17) is 4.42 Å². The molecule has 1 saturated carbocycles. The molecule has 0 saturated heterocycles. The Morgan fingerprint density at radius 2 is 2.18 bits per heavy atom. The van der Waals surface area contributed by atoms with Gasteiger partial charge >= 0.3 is 0 Å². The summed E-state index contributed by atoms with van der Waals surface area (Å²) in [5.41, 5.74) is 0. The van der Waals surface area contributed by atoms with Crippen LogP contribution in [0.4, 0.5) is 0 Å². The van der Waals surface area contributed by atoms with Gasteiger partial charge in [-0.1, -0.05) is 12.8 Å². The maximum atomic E-state index is 9.89. The number of rotatable bonds is 4. The topological polar surface area (TPSA) is 45.4 Å². The Morgan fingerprint density at radius 3 is 2.82 bits per heavy atom. The van der Waals surface area contributed by atoms with Crippen LogP contribution < -0.4 is 5.32 Å². The van der Waals surface area contributed by atoms with Gasteiger partial charge in [0.15, 0.2) is 0 Å². The summed E-state index contributed by atoms with van der Waals surface area (Å²) in [5, 5.41) is 13.4. The van der Waals surface area contributed by atoms with E-state index in [1.54, 1.807) is 0 Å². The predicted molar refractivity (Wildman–Crippen MR) is 67.8 cm³/mol. The summed E-state index contributed by atoms with van der Waals surface area (Å²) >= 11 is 0. The van der Waals surface area contributed by atoms with Gasteiger partial charge in [0.25, 0.3) is 0 Å². The van der Waals surface area contributed by atoms with Crippen molar-refractivity contribution < 1.29 is 9.52 Å². The first-order valence-corrected chi connectivity index (χ1v) is 6.64. The smallest absolute Gasteiger partial charge is 0.120 e. The number of aryl methyl sites for hydroxylation is 1. The van der Waals surface area contributed by atoms with Crippen LogP contribution in [0.5, 0.6) is 0 Å². The van der Waals surface area contributed by atoms with Gasteiger partial charge < -0.3 is 14.8 Å². The van der Waals surface area contributed by atoms with Crippen LogP contribution in [0.25, 0.3) is 0 Å². The van der Waals surface area contributed by atoms with E-state index in [0.29, 0.717) is 5.92 Å². The molecule has 1 aliphatic rings. The molecule has 2 N–H and O–H groups in total. The SMILES string of the molecule is Cc1ccc(C(C)NCC2CCCCC2O)o1. The maximum Gasteiger partial charge on any atom is 0.120 e. The Labute approximate surface area is 103 Å². The van der Waals surface area contributed by atoms with Crippen molar-refractivity contribution in [3.05, 3.63) is 23.7 Å². The molecule has 0 radical (unpaired) electrons. The fourth-order valence-electron chi connectivity index (χ4n) is 2.54. The molecule has 96 valence electrons. The lowest BCUT2D eigenvalue weighted by molar-refractivity contribution is 0.0680. The molecule has 0 aliphatic heterocycles. The average molecular weight is 237 g/mol. The second-order valence-corrected chi connectivity index (χ2v) is 5.19. The molecule has 2 rings (SSSR count). The Balaban J connectivity index is 1.81. The molecule has 0 spiro atoms.